The zero-order valence-electron chi connectivity index (χ0n) is 10.4. The first-order valence-corrected chi connectivity index (χ1v) is 6.70. The van der Waals surface area contributed by atoms with Crippen LogP contribution in [0.25, 0.3) is 0 Å². The van der Waals surface area contributed by atoms with Crippen molar-refractivity contribution in [1.29, 1.82) is 0 Å². The third kappa shape index (κ3) is 3.78. The van der Waals surface area contributed by atoms with Crippen LogP contribution in [0.5, 0.6) is 5.75 Å². The smallest absolute Gasteiger partial charge is 0.128 e. The summed E-state index contributed by atoms with van der Waals surface area (Å²) in [5.74, 6) is -0.0105. The Morgan fingerprint density at radius 3 is 2.74 bits per heavy atom. The Morgan fingerprint density at radius 1 is 1.26 bits per heavy atom. The van der Waals surface area contributed by atoms with Gasteiger partial charge in [0.25, 0.3) is 0 Å². The SMILES string of the molecule is CC(O)c1ccc(F)cc1OCc1cccc(Br)c1. The van der Waals surface area contributed by atoms with Crippen LogP contribution in [0.1, 0.15) is 24.2 Å². The maximum atomic E-state index is 13.2. The number of hydrogen-bond donors (Lipinski definition) is 1. The zero-order valence-corrected chi connectivity index (χ0v) is 12.0. The molecule has 1 N–H and O–H groups in total. The number of hydrogen-bond acceptors (Lipinski definition) is 2. The molecule has 0 aliphatic rings. The van der Waals surface area contributed by atoms with Gasteiger partial charge in [-0.05, 0) is 36.8 Å². The van der Waals surface area contributed by atoms with Gasteiger partial charge in [0.15, 0.2) is 0 Å². The number of rotatable bonds is 4. The Labute approximate surface area is 120 Å². The van der Waals surface area contributed by atoms with Crippen LogP contribution in [-0.2, 0) is 6.61 Å². The van der Waals surface area contributed by atoms with E-state index in [0.717, 1.165) is 10.0 Å². The van der Waals surface area contributed by atoms with E-state index >= 15 is 0 Å². The van der Waals surface area contributed by atoms with E-state index in [9.17, 15) is 9.50 Å². The van der Waals surface area contributed by atoms with E-state index in [-0.39, 0.29) is 5.82 Å². The molecular formula is C15H14BrFO2. The van der Waals surface area contributed by atoms with Gasteiger partial charge < -0.3 is 9.84 Å². The average Bonchev–Trinajstić information content (AvgIpc) is 2.36. The van der Waals surface area contributed by atoms with E-state index in [2.05, 4.69) is 15.9 Å². The van der Waals surface area contributed by atoms with Crippen molar-refractivity contribution in [3.8, 4) is 5.75 Å². The predicted molar refractivity (Wildman–Crippen MR) is 75.5 cm³/mol. The fraction of sp³-hybridized carbons (Fsp3) is 0.200. The summed E-state index contributed by atoms with van der Waals surface area (Å²) in [5, 5.41) is 9.63. The lowest BCUT2D eigenvalue weighted by atomic mass is 10.1. The summed E-state index contributed by atoms with van der Waals surface area (Å²) in [6.45, 7) is 1.95. The zero-order chi connectivity index (χ0) is 13.8. The minimum Gasteiger partial charge on any atom is -0.488 e. The standard InChI is InChI=1S/C15H14BrFO2/c1-10(18)14-6-5-13(17)8-15(14)19-9-11-3-2-4-12(16)7-11/h2-8,10,18H,9H2,1H3. The molecule has 1 unspecified atom stereocenters. The van der Waals surface area contributed by atoms with Crippen LogP contribution < -0.4 is 4.74 Å². The van der Waals surface area contributed by atoms with Gasteiger partial charge in [-0.1, -0.05) is 28.1 Å². The Hall–Kier alpha value is -1.39. The second-order valence-corrected chi connectivity index (χ2v) is 5.19. The summed E-state index contributed by atoms with van der Waals surface area (Å²) < 4.78 is 19.8. The molecule has 2 aromatic carbocycles. The van der Waals surface area contributed by atoms with E-state index in [1.54, 1.807) is 6.92 Å². The Kier molecular flexibility index (Phi) is 4.56. The minimum atomic E-state index is -0.696. The molecule has 2 nitrogen and oxygen atoms in total. The van der Waals surface area contributed by atoms with Crippen LogP contribution in [0.4, 0.5) is 4.39 Å². The highest BCUT2D eigenvalue weighted by molar-refractivity contribution is 9.10. The largest absolute Gasteiger partial charge is 0.488 e. The lowest BCUT2D eigenvalue weighted by Gasteiger charge is -2.13. The minimum absolute atomic E-state index is 0.322. The van der Waals surface area contributed by atoms with Gasteiger partial charge in [0.2, 0.25) is 0 Å². The highest BCUT2D eigenvalue weighted by Crippen LogP contribution is 2.27. The van der Waals surface area contributed by atoms with Gasteiger partial charge in [0.1, 0.15) is 18.2 Å². The molecule has 0 bridgehead atoms. The molecule has 100 valence electrons. The third-order valence-corrected chi connectivity index (χ3v) is 3.20. The molecule has 0 aliphatic heterocycles. The molecule has 0 radical (unpaired) electrons. The fourth-order valence-corrected chi connectivity index (χ4v) is 2.21. The number of ether oxygens (including phenoxy) is 1. The Balaban J connectivity index is 2.17. The molecule has 0 aromatic heterocycles. The molecule has 0 amide bonds. The summed E-state index contributed by atoms with van der Waals surface area (Å²) >= 11 is 3.38. The molecule has 0 fully saturated rings. The van der Waals surface area contributed by atoms with Crippen molar-refractivity contribution in [2.45, 2.75) is 19.6 Å². The van der Waals surface area contributed by atoms with Gasteiger partial charge in [0, 0.05) is 16.1 Å². The molecule has 0 aliphatic carbocycles. The first kappa shape index (κ1) is 14.0. The van der Waals surface area contributed by atoms with Gasteiger partial charge in [-0.3, -0.25) is 0 Å². The fourth-order valence-electron chi connectivity index (χ4n) is 1.77. The number of aliphatic hydroxyl groups is 1. The van der Waals surface area contributed by atoms with Crippen molar-refractivity contribution in [2.24, 2.45) is 0 Å². The van der Waals surface area contributed by atoms with Crippen LogP contribution in [0.2, 0.25) is 0 Å². The van der Waals surface area contributed by atoms with E-state index in [0.29, 0.717) is 17.9 Å². The van der Waals surface area contributed by atoms with Gasteiger partial charge in [0.05, 0.1) is 6.10 Å². The van der Waals surface area contributed by atoms with E-state index in [4.69, 9.17) is 4.74 Å². The van der Waals surface area contributed by atoms with Gasteiger partial charge in [-0.2, -0.15) is 0 Å². The molecule has 19 heavy (non-hydrogen) atoms. The second kappa shape index (κ2) is 6.17. The highest BCUT2D eigenvalue weighted by atomic mass is 79.9. The third-order valence-electron chi connectivity index (χ3n) is 2.71. The second-order valence-electron chi connectivity index (χ2n) is 4.28. The molecule has 1 atom stereocenters. The van der Waals surface area contributed by atoms with Crippen molar-refractivity contribution >= 4 is 15.9 Å². The van der Waals surface area contributed by atoms with Crippen LogP contribution in [0.3, 0.4) is 0 Å². The summed E-state index contributed by atoms with van der Waals surface area (Å²) in [6.07, 6.45) is -0.696. The van der Waals surface area contributed by atoms with Gasteiger partial charge in [-0.25, -0.2) is 4.39 Å². The lowest BCUT2D eigenvalue weighted by Crippen LogP contribution is -2.01. The van der Waals surface area contributed by atoms with Crippen LogP contribution in [-0.4, -0.2) is 5.11 Å². The predicted octanol–water partition coefficient (Wildman–Crippen LogP) is 4.22. The number of halogens is 2. The summed E-state index contributed by atoms with van der Waals surface area (Å²) in [7, 11) is 0. The molecular weight excluding hydrogens is 311 g/mol. The van der Waals surface area contributed by atoms with E-state index in [1.165, 1.54) is 18.2 Å². The first-order valence-electron chi connectivity index (χ1n) is 5.91. The number of benzene rings is 2. The van der Waals surface area contributed by atoms with Crippen LogP contribution >= 0.6 is 15.9 Å². The number of aliphatic hydroxyl groups excluding tert-OH is 1. The van der Waals surface area contributed by atoms with Crippen molar-refractivity contribution in [2.75, 3.05) is 0 Å². The van der Waals surface area contributed by atoms with Gasteiger partial charge >= 0.3 is 0 Å². The molecule has 2 aromatic rings. The summed E-state index contributed by atoms with van der Waals surface area (Å²) in [5.41, 5.74) is 1.55. The summed E-state index contributed by atoms with van der Waals surface area (Å²) in [6, 6.07) is 11.8. The van der Waals surface area contributed by atoms with Crippen LogP contribution in [0.15, 0.2) is 46.9 Å². The molecule has 4 heteroatoms. The van der Waals surface area contributed by atoms with Gasteiger partial charge in [-0.15, -0.1) is 0 Å². The highest BCUT2D eigenvalue weighted by Gasteiger charge is 2.10. The molecule has 0 heterocycles. The Morgan fingerprint density at radius 2 is 2.05 bits per heavy atom. The molecule has 0 saturated heterocycles. The molecule has 2 rings (SSSR count). The quantitative estimate of drug-likeness (QED) is 0.912. The molecule has 0 saturated carbocycles. The summed E-state index contributed by atoms with van der Waals surface area (Å²) in [4.78, 5) is 0. The first-order chi connectivity index (χ1) is 9.06. The van der Waals surface area contributed by atoms with Crippen molar-refractivity contribution in [3.05, 3.63) is 63.9 Å². The average molecular weight is 325 g/mol. The molecule has 0 spiro atoms. The monoisotopic (exact) mass is 324 g/mol. The van der Waals surface area contributed by atoms with Crippen molar-refractivity contribution in [3.63, 3.8) is 0 Å². The maximum absolute atomic E-state index is 13.2. The van der Waals surface area contributed by atoms with E-state index < -0.39 is 6.10 Å². The lowest BCUT2D eigenvalue weighted by molar-refractivity contribution is 0.190. The van der Waals surface area contributed by atoms with Crippen molar-refractivity contribution < 1.29 is 14.2 Å². The maximum Gasteiger partial charge on any atom is 0.128 e. The Bertz CT molecular complexity index is 570. The van der Waals surface area contributed by atoms with E-state index in [1.807, 2.05) is 24.3 Å². The van der Waals surface area contributed by atoms with Crippen LogP contribution in [0, 0.1) is 5.82 Å². The topological polar surface area (TPSA) is 29.5 Å². The van der Waals surface area contributed by atoms with Crippen molar-refractivity contribution in [1.82, 2.24) is 0 Å². The normalized spacial score (nSPS) is 12.2.